The Kier molecular flexibility index (Phi) is 3.65. The number of piperazine rings is 1. The molecule has 3 rings (SSSR count). The predicted molar refractivity (Wildman–Crippen MR) is 78.4 cm³/mol. The highest BCUT2D eigenvalue weighted by molar-refractivity contribution is 5.05. The molecule has 1 spiro atoms. The van der Waals surface area contributed by atoms with Gasteiger partial charge >= 0.3 is 0 Å². The van der Waals surface area contributed by atoms with Crippen LogP contribution < -0.4 is 5.32 Å². The van der Waals surface area contributed by atoms with Gasteiger partial charge in [0.2, 0.25) is 0 Å². The fourth-order valence-electron chi connectivity index (χ4n) is 4.30. The number of nitrogens with one attached hydrogen (secondary N) is 1. The Bertz CT molecular complexity index is 311. The average molecular weight is 266 g/mol. The number of nitrogens with zero attached hydrogens (tertiary/aromatic N) is 1. The fraction of sp³-hybridized carbons (Fsp3) is 1.00. The summed E-state index contributed by atoms with van der Waals surface area (Å²) in [4.78, 5) is 2.80. The molecular weight excluding hydrogens is 236 g/mol. The van der Waals surface area contributed by atoms with Gasteiger partial charge in [-0.25, -0.2) is 0 Å². The van der Waals surface area contributed by atoms with E-state index in [9.17, 15) is 0 Å². The van der Waals surface area contributed by atoms with Crippen molar-refractivity contribution in [1.82, 2.24) is 10.2 Å². The van der Waals surface area contributed by atoms with Gasteiger partial charge in [0.05, 0.1) is 6.61 Å². The normalized spacial score (nSPS) is 36.2. The fourth-order valence-corrected chi connectivity index (χ4v) is 4.30. The van der Waals surface area contributed by atoms with Gasteiger partial charge in [-0.15, -0.1) is 0 Å². The largest absolute Gasteiger partial charge is 0.380 e. The summed E-state index contributed by atoms with van der Waals surface area (Å²) in [6, 6.07) is 1.30. The summed E-state index contributed by atoms with van der Waals surface area (Å²) < 4.78 is 5.66. The topological polar surface area (TPSA) is 24.5 Å². The first kappa shape index (κ1) is 13.8. The summed E-state index contributed by atoms with van der Waals surface area (Å²) in [5.41, 5.74) is 0.764. The second-order valence-corrected chi connectivity index (χ2v) is 7.94. The van der Waals surface area contributed by atoms with E-state index in [-0.39, 0.29) is 0 Å². The van der Waals surface area contributed by atoms with E-state index in [4.69, 9.17) is 4.74 Å². The van der Waals surface area contributed by atoms with E-state index in [0.29, 0.717) is 23.0 Å². The molecule has 2 saturated heterocycles. The van der Waals surface area contributed by atoms with Crippen molar-refractivity contribution in [2.45, 2.75) is 70.5 Å². The standard InChI is InChI=1S/C16H30N2O/c1-15(2,3)14-10-17-16(7-4-5-8-16)12-18(14)13-6-9-19-11-13/h13-14,17H,4-12H2,1-3H3. The van der Waals surface area contributed by atoms with Gasteiger partial charge in [0, 0.05) is 37.3 Å². The van der Waals surface area contributed by atoms with Crippen LogP contribution in [0.2, 0.25) is 0 Å². The molecule has 0 aromatic rings. The van der Waals surface area contributed by atoms with Crippen LogP contribution in [-0.2, 0) is 4.74 Å². The molecule has 0 aromatic heterocycles. The second kappa shape index (κ2) is 5.01. The molecule has 0 aromatic carbocycles. The Morgan fingerprint density at radius 2 is 1.95 bits per heavy atom. The summed E-state index contributed by atoms with van der Waals surface area (Å²) in [5, 5.41) is 3.92. The zero-order valence-electron chi connectivity index (χ0n) is 12.9. The Morgan fingerprint density at radius 3 is 2.53 bits per heavy atom. The molecule has 0 radical (unpaired) electrons. The van der Waals surface area contributed by atoms with Crippen LogP contribution in [0.5, 0.6) is 0 Å². The van der Waals surface area contributed by atoms with Crippen molar-refractivity contribution in [1.29, 1.82) is 0 Å². The average Bonchev–Trinajstić information content (AvgIpc) is 2.99. The quantitative estimate of drug-likeness (QED) is 0.789. The van der Waals surface area contributed by atoms with Crippen LogP contribution in [0.3, 0.4) is 0 Å². The van der Waals surface area contributed by atoms with Crippen LogP contribution in [0, 0.1) is 5.41 Å². The number of hydrogen-bond acceptors (Lipinski definition) is 3. The summed E-state index contributed by atoms with van der Waals surface area (Å²) in [6.45, 7) is 11.4. The lowest BCUT2D eigenvalue weighted by Crippen LogP contribution is -2.68. The molecule has 0 bridgehead atoms. The lowest BCUT2D eigenvalue weighted by molar-refractivity contribution is -0.00945. The van der Waals surface area contributed by atoms with Gasteiger partial charge < -0.3 is 10.1 Å². The smallest absolute Gasteiger partial charge is 0.0622 e. The maximum atomic E-state index is 5.66. The van der Waals surface area contributed by atoms with E-state index in [1.54, 1.807) is 0 Å². The van der Waals surface area contributed by atoms with Crippen LogP contribution in [0.25, 0.3) is 0 Å². The Labute approximate surface area is 118 Å². The van der Waals surface area contributed by atoms with Crippen LogP contribution in [0.1, 0.15) is 52.9 Å². The molecule has 2 heterocycles. The molecule has 3 aliphatic rings. The van der Waals surface area contributed by atoms with E-state index in [2.05, 4.69) is 31.0 Å². The molecule has 2 unspecified atom stereocenters. The van der Waals surface area contributed by atoms with Gasteiger partial charge in [-0.2, -0.15) is 0 Å². The van der Waals surface area contributed by atoms with Crippen molar-refractivity contribution in [3.8, 4) is 0 Å². The monoisotopic (exact) mass is 266 g/mol. The minimum absolute atomic E-state index is 0.343. The lowest BCUT2D eigenvalue weighted by atomic mass is 9.80. The van der Waals surface area contributed by atoms with Gasteiger partial charge in [0.15, 0.2) is 0 Å². The molecule has 1 saturated carbocycles. The third-order valence-electron chi connectivity index (χ3n) is 5.49. The SMILES string of the molecule is CC(C)(C)C1CNC2(CCCC2)CN1C1CCOC1. The molecule has 0 amide bonds. The summed E-state index contributed by atoms with van der Waals surface area (Å²) in [5.74, 6) is 0. The van der Waals surface area contributed by atoms with Crippen LogP contribution >= 0.6 is 0 Å². The van der Waals surface area contributed by atoms with Crippen molar-refractivity contribution in [2.24, 2.45) is 5.41 Å². The van der Waals surface area contributed by atoms with Crippen LogP contribution in [-0.4, -0.2) is 48.8 Å². The molecular formula is C16H30N2O. The summed E-state index contributed by atoms with van der Waals surface area (Å²) in [7, 11) is 0. The molecule has 1 N–H and O–H groups in total. The summed E-state index contributed by atoms with van der Waals surface area (Å²) >= 11 is 0. The highest BCUT2D eigenvalue weighted by atomic mass is 16.5. The minimum atomic E-state index is 0.343. The van der Waals surface area contributed by atoms with Crippen molar-refractivity contribution in [2.75, 3.05) is 26.3 Å². The van der Waals surface area contributed by atoms with E-state index >= 15 is 0 Å². The zero-order chi connectivity index (χ0) is 13.5. The maximum Gasteiger partial charge on any atom is 0.0622 e. The molecule has 1 aliphatic carbocycles. The highest BCUT2D eigenvalue weighted by Gasteiger charge is 2.46. The minimum Gasteiger partial charge on any atom is -0.380 e. The number of hydrogen-bond donors (Lipinski definition) is 1. The summed E-state index contributed by atoms with van der Waals surface area (Å²) in [6.07, 6.45) is 6.77. The first-order chi connectivity index (χ1) is 9.00. The van der Waals surface area contributed by atoms with Gasteiger partial charge in [-0.1, -0.05) is 33.6 Å². The van der Waals surface area contributed by atoms with Gasteiger partial charge in [0.1, 0.15) is 0 Å². The van der Waals surface area contributed by atoms with Gasteiger partial charge in [-0.3, -0.25) is 4.90 Å². The van der Waals surface area contributed by atoms with E-state index < -0.39 is 0 Å². The molecule has 3 fully saturated rings. The first-order valence-corrected chi connectivity index (χ1v) is 8.09. The van der Waals surface area contributed by atoms with Crippen LogP contribution in [0.4, 0.5) is 0 Å². The molecule has 2 atom stereocenters. The number of rotatable bonds is 1. The Balaban J connectivity index is 1.78. The Hall–Kier alpha value is -0.120. The van der Waals surface area contributed by atoms with Gasteiger partial charge in [0.25, 0.3) is 0 Å². The van der Waals surface area contributed by atoms with Crippen LogP contribution in [0.15, 0.2) is 0 Å². The maximum absolute atomic E-state index is 5.66. The number of ether oxygens (including phenoxy) is 1. The first-order valence-electron chi connectivity index (χ1n) is 8.09. The predicted octanol–water partition coefficient (Wildman–Crippen LogP) is 2.41. The van der Waals surface area contributed by atoms with Crippen molar-refractivity contribution in [3.63, 3.8) is 0 Å². The molecule has 3 nitrogen and oxygen atoms in total. The van der Waals surface area contributed by atoms with Crippen molar-refractivity contribution < 1.29 is 4.74 Å². The zero-order valence-corrected chi connectivity index (χ0v) is 12.9. The molecule has 19 heavy (non-hydrogen) atoms. The van der Waals surface area contributed by atoms with E-state index in [1.807, 2.05) is 0 Å². The molecule has 110 valence electrons. The van der Waals surface area contributed by atoms with E-state index in [1.165, 1.54) is 38.6 Å². The lowest BCUT2D eigenvalue weighted by Gasteiger charge is -2.52. The Morgan fingerprint density at radius 1 is 1.21 bits per heavy atom. The van der Waals surface area contributed by atoms with E-state index in [0.717, 1.165) is 19.8 Å². The molecule has 2 aliphatic heterocycles. The van der Waals surface area contributed by atoms with Gasteiger partial charge in [-0.05, 0) is 24.7 Å². The third-order valence-corrected chi connectivity index (χ3v) is 5.49. The van der Waals surface area contributed by atoms with Crippen molar-refractivity contribution >= 4 is 0 Å². The molecule has 3 heteroatoms. The third kappa shape index (κ3) is 2.70. The second-order valence-electron chi connectivity index (χ2n) is 7.94. The highest BCUT2D eigenvalue weighted by Crippen LogP contribution is 2.38. The van der Waals surface area contributed by atoms with Crippen molar-refractivity contribution in [3.05, 3.63) is 0 Å².